The Hall–Kier alpha value is -5.07. The van der Waals surface area contributed by atoms with Gasteiger partial charge in [0.1, 0.15) is 13.2 Å². The summed E-state index contributed by atoms with van der Waals surface area (Å²) in [6, 6.07) is 12.3. The fourth-order valence-electron chi connectivity index (χ4n) is 3.64. The van der Waals surface area contributed by atoms with Crippen LogP contribution in [-0.2, 0) is 35.2 Å². The van der Waals surface area contributed by atoms with Gasteiger partial charge in [0.25, 0.3) is 16.8 Å². The van der Waals surface area contributed by atoms with Crippen molar-refractivity contribution in [3.63, 3.8) is 0 Å². The fraction of sp³-hybridized carbons (Fsp3) is 0.370. The number of nitrogens with zero attached hydrogens (tertiary/aromatic N) is 5. The first kappa shape index (κ1) is 35.4. The van der Waals surface area contributed by atoms with E-state index in [0.29, 0.717) is 5.56 Å². The molecule has 1 amide bonds. The number of rotatable bonds is 13. The summed E-state index contributed by atoms with van der Waals surface area (Å²) >= 11 is 0. The number of amides is 1. The van der Waals surface area contributed by atoms with Gasteiger partial charge in [-0.15, -0.1) is 5.01 Å². The Morgan fingerprint density at radius 3 is 2.35 bits per heavy atom. The van der Waals surface area contributed by atoms with Crippen molar-refractivity contribution in [1.82, 2.24) is 19.5 Å². The molecule has 0 bridgehead atoms. The van der Waals surface area contributed by atoms with Crippen molar-refractivity contribution < 1.29 is 55.2 Å². The molecule has 1 aromatic heterocycles. The van der Waals surface area contributed by atoms with Crippen molar-refractivity contribution in [2.24, 2.45) is 5.28 Å². The first-order valence-electron chi connectivity index (χ1n) is 13.5. The van der Waals surface area contributed by atoms with E-state index in [1.807, 2.05) is 6.92 Å². The number of ether oxygens (including phenoxy) is 3. The van der Waals surface area contributed by atoms with Gasteiger partial charge >= 0.3 is 18.4 Å². The number of aromatic nitrogens is 2. The molecule has 0 aliphatic carbocycles. The van der Waals surface area contributed by atoms with E-state index in [2.05, 4.69) is 20.0 Å². The zero-order chi connectivity index (χ0) is 34.1. The fourth-order valence-corrected chi connectivity index (χ4v) is 4.54. The van der Waals surface area contributed by atoms with Crippen molar-refractivity contribution in [3.8, 4) is 16.9 Å². The maximum Gasteiger partial charge on any atom is 0.511 e. The van der Waals surface area contributed by atoms with Crippen molar-refractivity contribution in [3.05, 3.63) is 71.1 Å². The number of alkyl halides is 3. The van der Waals surface area contributed by atoms with Gasteiger partial charge in [0.05, 0.1) is 33.9 Å². The van der Waals surface area contributed by atoms with Crippen LogP contribution < -0.4 is 4.72 Å². The Labute approximate surface area is 261 Å². The quantitative estimate of drug-likeness (QED) is 0.0650. The van der Waals surface area contributed by atoms with Crippen LogP contribution in [0.3, 0.4) is 0 Å². The van der Waals surface area contributed by atoms with E-state index in [-0.39, 0.29) is 34.3 Å². The number of carbonyl (C=O) groups is 2. The molecule has 0 fully saturated rings. The highest BCUT2D eigenvalue weighted by atomic mass is 32.2. The molecule has 1 N–H and O–H groups in total. The third-order valence-corrected chi connectivity index (χ3v) is 7.16. The monoisotopic (exact) mass is 672 g/mol. The molecule has 15 nitrogen and oxygen atoms in total. The molecule has 0 unspecified atom stereocenters. The van der Waals surface area contributed by atoms with Crippen molar-refractivity contribution in [1.29, 1.82) is 0 Å². The molecule has 1 heterocycles. The molecule has 46 heavy (non-hydrogen) atoms. The van der Waals surface area contributed by atoms with Crippen LogP contribution in [0.15, 0.2) is 64.8 Å². The molecule has 0 spiro atoms. The number of hydrogen-bond acceptors (Lipinski definition) is 11. The average Bonchev–Trinajstić information content (AvgIpc) is 3.44. The normalized spacial score (nSPS) is 12.0. The summed E-state index contributed by atoms with van der Waals surface area (Å²) in [4.78, 5) is 27.6. The predicted octanol–water partition coefficient (Wildman–Crippen LogP) is 4.93. The molecule has 250 valence electrons. The van der Waals surface area contributed by atoms with E-state index in [4.69, 9.17) is 9.47 Å². The molecule has 3 aromatic rings. The van der Waals surface area contributed by atoms with Gasteiger partial charge in [0.2, 0.25) is 5.28 Å². The molecule has 0 radical (unpaired) electrons. The van der Waals surface area contributed by atoms with E-state index in [0.717, 1.165) is 33.5 Å². The molecule has 0 saturated heterocycles. The van der Waals surface area contributed by atoms with Crippen LogP contribution in [0.25, 0.3) is 16.9 Å². The molecule has 2 aromatic carbocycles. The maximum atomic E-state index is 13.5. The molecule has 19 heteroatoms. The minimum Gasteiger partial charge on any atom is -0.569 e. The maximum absolute atomic E-state index is 13.5. The summed E-state index contributed by atoms with van der Waals surface area (Å²) in [5.41, 5.74) is 0.476. The van der Waals surface area contributed by atoms with Gasteiger partial charge < -0.3 is 24.3 Å². The van der Waals surface area contributed by atoms with Crippen LogP contribution in [0.1, 0.15) is 32.0 Å². The lowest BCUT2D eigenvalue weighted by Gasteiger charge is -2.16. The Morgan fingerprint density at radius 1 is 1.11 bits per heavy atom. The lowest BCUT2D eigenvalue weighted by atomic mass is 10.1. The lowest BCUT2D eigenvalue weighted by molar-refractivity contribution is -0.711. The molecule has 0 aliphatic heterocycles. The molecular weight excluding hydrogens is 641 g/mol. The van der Waals surface area contributed by atoms with Crippen LogP contribution in [0.5, 0.6) is 0 Å². The van der Waals surface area contributed by atoms with Crippen LogP contribution in [0.4, 0.5) is 22.8 Å². The number of sulfonamides is 1. The number of benzene rings is 2. The van der Waals surface area contributed by atoms with Crippen molar-refractivity contribution in [2.45, 2.75) is 44.9 Å². The number of hydrogen-bond donors (Lipinski definition) is 1. The first-order valence-corrected chi connectivity index (χ1v) is 15.0. The van der Waals surface area contributed by atoms with Gasteiger partial charge in [-0.05, 0) is 58.0 Å². The lowest BCUT2D eigenvalue weighted by Crippen LogP contribution is -2.36. The van der Waals surface area contributed by atoms with Crippen LogP contribution in [0, 0.1) is 12.1 Å². The topological polar surface area (TPSA) is 177 Å². The minimum absolute atomic E-state index is 0.0121. The Bertz CT molecular complexity index is 1630. The Kier molecular flexibility index (Phi) is 11.8. The summed E-state index contributed by atoms with van der Waals surface area (Å²) < 4.78 is 82.7. The second kappa shape index (κ2) is 15.3. The summed E-state index contributed by atoms with van der Waals surface area (Å²) in [7, 11) is -4.46. The second-order valence-corrected chi connectivity index (χ2v) is 11.3. The van der Waals surface area contributed by atoms with E-state index in [1.54, 1.807) is 49.8 Å². The van der Waals surface area contributed by atoms with E-state index in [9.17, 15) is 36.4 Å². The van der Waals surface area contributed by atoms with E-state index >= 15 is 0 Å². The number of aryl methyl sites for hydroxylation is 1. The summed E-state index contributed by atoms with van der Waals surface area (Å²) in [5, 5.41) is 19.9. The minimum atomic E-state index is -4.72. The highest BCUT2D eigenvalue weighted by Crippen LogP contribution is 2.33. The molecule has 0 atom stereocenters. The van der Waals surface area contributed by atoms with Gasteiger partial charge in [-0.3, -0.25) is 0 Å². The molecule has 3 rings (SSSR count). The van der Waals surface area contributed by atoms with E-state index < -0.39 is 53.6 Å². The standard InChI is InChI=1S/C27H31F3N6O9S/c1-5-34(36(39)33-44-17-43-26(38)45-18(2)3)14-15-42-25(37)32-46(40,41)22-12-10-21(11-13-22)35-23(16-24(31-35)27(28,29)30)20-8-6-19(4)7-9-20/h6-13,16,18H,5,14-15,17H2,1-4H3,(H,32,37). The summed E-state index contributed by atoms with van der Waals surface area (Å²) in [6.07, 6.45) is -7.52. The van der Waals surface area contributed by atoms with Gasteiger partial charge in [-0.25, -0.2) is 27.4 Å². The van der Waals surface area contributed by atoms with Crippen LogP contribution in [0.2, 0.25) is 0 Å². The summed E-state index contributed by atoms with van der Waals surface area (Å²) in [6.45, 7) is 5.31. The first-order chi connectivity index (χ1) is 21.6. The average molecular weight is 673 g/mol. The highest BCUT2D eigenvalue weighted by Gasteiger charge is 2.35. The number of hydrazine groups is 1. The molecule has 0 saturated carbocycles. The second-order valence-electron chi connectivity index (χ2n) is 9.61. The number of nitrogens with one attached hydrogen (secondary N) is 1. The van der Waals surface area contributed by atoms with E-state index in [1.165, 1.54) is 12.1 Å². The van der Waals surface area contributed by atoms with Crippen LogP contribution in [-0.4, -0.2) is 73.0 Å². The zero-order valence-electron chi connectivity index (χ0n) is 25.1. The number of likely N-dealkylation sites (N-methyl/N-ethyl adjacent to an activating group) is 1. The van der Waals surface area contributed by atoms with Crippen LogP contribution >= 0.6 is 0 Å². The third-order valence-electron chi connectivity index (χ3n) is 5.83. The Morgan fingerprint density at radius 2 is 1.76 bits per heavy atom. The van der Waals surface area contributed by atoms with Crippen molar-refractivity contribution >= 4 is 22.3 Å². The predicted molar refractivity (Wildman–Crippen MR) is 152 cm³/mol. The number of halogens is 3. The van der Waals surface area contributed by atoms with Gasteiger partial charge in [0, 0.05) is 5.56 Å². The molecule has 0 aliphatic rings. The zero-order valence-corrected chi connectivity index (χ0v) is 25.9. The SMILES string of the molecule is CCN(CCOC(=O)NS(=O)(=O)c1ccc(-n2nc(C(F)(F)F)cc2-c2ccc(C)cc2)cc1)[N+]([O-])=NOCOC(=O)OC(C)C. The van der Waals surface area contributed by atoms with Gasteiger partial charge in [0.15, 0.2) is 5.69 Å². The Balaban J connectivity index is 1.60. The van der Waals surface area contributed by atoms with Gasteiger partial charge in [-0.1, -0.05) is 29.8 Å². The highest BCUT2D eigenvalue weighted by molar-refractivity contribution is 7.90. The van der Waals surface area contributed by atoms with Gasteiger partial charge in [-0.2, -0.15) is 18.3 Å². The van der Waals surface area contributed by atoms with Crippen molar-refractivity contribution in [2.75, 3.05) is 26.5 Å². The smallest absolute Gasteiger partial charge is 0.511 e. The largest absolute Gasteiger partial charge is 0.569 e. The third kappa shape index (κ3) is 9.98. The number of carbonyl (C=O) groups excluding carboxylic acids is 2. The molecular formula is C27H31F3N6O9S. The summed E-state index contributed by atoms with van der Waals surface area (Å²) in [5.74, 6) is 0.